The summed E-state index contributed by atoms with van der Waals surface area (Å²) in [6.45, 7) is 0. The Hall–Kier alpha value is -3.25. The highest BCUT2D eigenvalue weighted by Gasteiger charge is 2.16. The molecule has 4 rings (SSSR count). The maximum Gasteiger partial charge on any atom is 0.279 e. The molecule has 0 aliphatic heterocycles. The Morgan fingerprint density at radius 3 is 2.04 bits per heavy atom. The van der Waals surface area contributed by atoms with Gasteiger partial charge in [-0.2, -0.15) is 0 Å². The van der Waals surface area contributed by atoms with Gasteiger partial charge >= 0.3 is 0 Å². The number of nitrogens with zero attached hydrogens (tertiary/aromatic N) is 2. The third-order valence-electron chi connectivity index (χ3n) is 4.00. The maximum atomic E-state index is 12.4. The van der Waals surface area contributed by atoms with Gasteiger partial charge in [0.05, 0.1) is 10.9 Å². The van der Waals surface area contributed by atoms with Gasteiger partial charge in [0.2, 0.25) is 5.95 Å². The molecular weight excluding hydrogens is 344 g/mol. The van der Waals surface area contributed by atoms with Gasteiger partial charge in [-0.25, -0.2) is 0 Å². The summed E-state index contributed by atoms with van der Waals surface area (Å²) in [5.74, 6) is 0.341. The number of nitrogens with one attached hydrogen (secondary N) is 2. The summed E-state index contributed by atoms with van der Waals surface area (Å²) in [6, 6.07) is 23.6. The Balaban J connectivity index is 1.68. The zero-order valence-electron chi connectivity index (χ0n) is 13.8. The van der Waals surface area contributed by atoms with Crippen molar-refractivity contribution >= 4 is 17.3 Å². The van der Waals surface area contributed by atoms with Gasteiger partial charge in [0, 0.05) is 0 Å². The van der Waals surface area contributed by atoms with E-state index >= 15 is 0 Å². The van der Waals surface area contributed by atoms with E-state index in [1.54, 1.807) is 0 Å². The van der Waals surface area contributed by atoms with Gasteiger partial charge in [-0.3, -0.25) is 9.78 Å². The molecule has 128 valence electrons. The summed E-state index contributed by atoms with van der Waals surface area (Å²) in [6.07, 6.45) is 0. The van der Waals surface area contributed by atoms with Crippen LogP contribution in [0, 0.1) is 0 Å². The molecule has 26 heavy (non-hydrogen) atoms. The van der Waals surface area contributed by atoms with Crippen molar-refractivity contribution < 1.29 is 0 Å². The molecule has 5 nitrogen and oxygen atoms in total. The molecular formula is C20H16N4OS. The molecule has 0 aliphatic rings. The Morgan fingerprint density at radius 1 is 0.846 bits per heavy atom. The van der Waals surface area contributed by atoms with Crippen LogP contribution < -0.4 is 10.9 Å². The number of anilines is 1. The van der Waals surface area contributed by atoms with Crippen LogP contribution in [0.15, 0.2) is 83.0 Å². The third-order valence-corrected chi connectivity index (χ3v) is 4.88. The SMILES string of the molecule is O=c1[nH]c(NC(c2ccccc2)c2ccccc2)nnc1-c1cccs1. The number of hydrogen-bond acceptors (Lipinski definition) is 5. The van der Waals surface area contributed by atoms with E-state index in [-0.39, 0.29) is 11.6 Å². The first-order valence-corrected chi connectivity index (χ1v) is 9.06. The summed E-state index contributed by atoms with van der Waals surface area (Å²) in [5, 5.41) is 13.5. The fourth-order valence-electron chi connectivity index (χ4n) is 2.76. The lowest BCUT2D eigenvalue weighted by Crippen LogP contribution is -2.20. The fourth-order valence-corrected chi connectivity index (χ4v) is 3.47. The van der Waals surface area contributed by atoms with E-state index in [9.17, 15) is 4.79 Å². The predicted octanol–water partition coefficient (Wildman–Crippen LogP) is 4.09. The van der Waals surface area contributed by atoms with Gasteiger partial charge in [0.15, 0.2) is 5.69 Å². The molecule has 0 bridgehead atoms. The lowest BCUT2D eigenvalue weighted by molar-refractivity contribution is 0.870. The quantitative estimate of drug-likeness (QED) is 0.562. The average Bonchev–Trinajstić information content (AvgIpc) is 3.22. The standard InChI is InChI=1S/C20H16N4OS/c25-19-18(16-12-7-13-26-16)23-24-20(22-19)21-17(14-8-3-1-4-9-14)15-10-5-2-6-11-15/h1-13,17H,(H2,21,22,24,25). The van der Waals surface area contributed by atoms with Crippen LogP contribution in [0.25, 0.3) is 10.6 Å². The molecule has 2 aromatic carbocycles. The predicted molar refractivity (Wildman–Crippen MR) is 104 cm³/mol. The van der Waals surface area contributed by atoms with E-state index in [4.69, 9.17) is 0 Å². The molecule has 0 spiro atoms. The lowest BCUT2D eigenvalue weighted by atomic mass is 9.99. The average molecular weight is 360 g/mol. The monoisotopic (exact) mass is 360 g/mol. The van der Waals surface area contributed by atoms with Crippen LogP contribution in [0.2, 0.25) is 0 Å². The highest BCUT2D eigenvalue weighted by Crippen LogP contribution is 2.25. The second-order valence-electron chi connectivity index (χ2n) is 5.73. The molecule has 0 atom stereocenters. The largest absolute Gasteiger partial charge is 0.344 e. The maximum absolute atomic E-state index is 12.4. The van der Waals surface area contributed by atoms with E-state index in [0.29, 0.717) is 11.6 Å². The smallest absolute Gasteiger partial charge is 0.279 e. The molecule has 0 aliphatic carbocycles. The normalized spacial score (nSPS) is 10.8. The van der Waals surface area contributed by atoms with E-state index in [2.05, 4.69) is 20.5 Å². The fraction of sp³-hybridized carbons (Fsp3) is 0.0500. The molecule has 6 heteroatoms. The van der Waals surface area contributed by atoms with Crippen molar-refractivity contribution in [2.75, 3.05) is 5.32 Å². The highest BCUT2D eigenvalue weighted by molar-refractivity contribution is 7.13. The molecule has 0 amide bonds. The highest BCUT2D eigenvalue weighted by atomic mass is 32.1. The first-order chi connectivity index (χ1) is 12.8. The Bertz CT molecular complexity index is 991. The summed E-state index contributed by atoms with van der Waals surface area (Å²) in [7, 11) is 0. The number of aromatic amines is 1. The molecule has 4 aromatic rings. The van der Waals surface area contributed by atoms with Crippen molar-refractivity contribution in [2.24, 2.45) is 0 Å². The second kappa shape index (κ2) is 7.33. The number of thiophene rings is 1. The second-order valence-corrected chi connectivity index (χ2v) is 6.68. The van der Waals surface area contributed by atoms with Gasteiger partial charge < -0.3 is 5.32 Å². The van der Waals surface area contributed by atoms with Gasteiger partial charge in [-0.15, -0.1) is 21.5 Å². The van der Waals surface area contributed by atoms with Crippen LogP contribution in [0.3, 0.4) is 0 Å². The topological polar surface area (TPSA) is 70.7 Å². The number of hydrogen-bond donors (Lipinski definition) is 2. The molecule has 0 saturated carbocycles. The third kappa shape index (κ3) is 3.41. The van der Waals surface area contributed by atoms with Gasteiger partial charge in [-0.05, 0) is 22.6 Å². The molecule has 0 radical (unpaired) electrons. The van der Waals surface area contributed by atoms with Crippen molar-refractivity contribution in [1.82, 2.24) is 15.2 Å². The van der Waals surface area contributed by atoms with Crippen molar-refractivity contribution in [1.29, 1.82) is 0 Å². The summed E-state index contributed by atoms with van der Waals surface area (Å²) < 4.78 is 0. The van der Waals surface area contributed by atoms with Crippen LogP contribution in [-0.4, -0.2) is 15.2 Å². The summed E-state index contributed by atoms with van der Waals surface area (Å²) in [4.78, 5) is 16.0. The van der Waals surface area contributed by atoms with Crippen molar-refractivity contribution in [2.45, 2.75) is 6.04 Å². The van der Waals surface area contributed by atoms with Crippen molar-refractivity contribution in [3.05, 3.63) is 99.7 Å². The first-order valence-electron chi connectivity index (χ1n) is 8.18. The number of rotatable bonds is 5. The van der Waals surface area contributed by atoms with Crippen molar-refractivity contribution in [3.63, 3.8) is 0 Å². The van der Waals surface area contributed by atoms with Crippen LogP contribution in [0.5, 0.6) is 0 Å². The van der Waals surface area contributed by atoms with E-state index < -0.39 is 0 Å². The summed E-state index contributed by atoms with van der Waals surface area (Å²) in [5.41, 5.74) is 2.22. The number of aromatic nitrogens is 3. The molecule has 0 fully saturated rings. The molecule has 0 saturated heterocycles. The van der Waals surface area contributed by atoms with Gasteiger partial charge in [0.25, 0.3) is 5.56 Å². The van der Waals surface area contributed by atoms with E-state index in [1.165, 1.54) is 11.3 Å². The Labute approximate surface area is 154 Å². The summed E-state index contributed by atoms with van der Waals surface area (Å²) >= 11 is 1.46. The number of H-pyrrole nitrogens is 1. The van der Waals surface area contributed by atoms with Crippen LogP contribution in [-0.2, 0) is 0 Å². The first kappa shape index (κ1) is 16.2. The van der Waals surface area contributed by atoms with E-state index in [0.717, 1.165) is 16.0 Å². The molecule has 2 aromatic heterocycles. The van der Waals surface area contributed by atoms with Gasteiger partial charge in [0.1, 0.15) is 0 Å². The van der Waals surface area contributed by atoms with E-state index in [1.807, 2.05) is 78.2 Å². The van der Waals surface area contributed by atoms with Crippen LogP contribution in [0.4, 0.5) is 5.95 Å². The lowest BCUT2D eigenvalue weighted by Gasteiger charge is -2.19. The Kier molecular flexibility index (Phi) is 4.57. The zero-order valence-corrected chi connectivity index (χ0v) is 14.6. The Morgan fingerprint density at radius 2 is 1.50 bits per heavy atom. The van der Waals surface area contributed by atoms with Gasteiger partial charge in [-0.1, -0.05) is 66.7 Å². The minimum atomic E-state index is -0.259. The minimum Gasteiger partial charge on any atom is -0.344 e. The molecule has 2 heterocycles. The number of benzene rings is 2. The van der Waals surface area contributed by atoms with Crippen molar-refractivity contribution in [3.8, 4) is 10.6 Å². The zero-order chi connectivity index (χ0) is 17.8. The van der Waals surface area contributed by atoms with Crippen LogP contribution >= 0.6 is 11.3 Å². The molecule has 2 N–H and O–H groups in total. The minimum absolute atomic E-state index is 0.144. The molecule has 0 unspecified atom stereocenters. The van der Waals surface area contributed by atoms with Crippen LogP contribution in [0.1, 0.15) is 17.2 Å².